The third kappa shape index (κ3) is 3.72. The van der Waals surface area contributed by atoms with Gasteiger partial charge in [0.05, 0.1) is 17.7 Å². The molecular formula is C22H24FN5O. The highest BCUT2D eigenvalue weighted by molar-refractivity contribution is 5.85. The van der Waals surface area contributed by atoms with Crippen LogP contribution >= 0.6 is 0 Å². The molecule has 29 heavy (non-hydrogen) atoms. The summed E-state index contributed by atoms with van der Waals surface area (Å²) in [5.41, 5.74) is 8.57. The quantitative estimate of drug-likeness (QED) is 0.698. The molecule has 0 unspecified atom stereocenters. The molecule has 0 bridgehead atoms. The molecule has 0 spiro atoms. The van der Waals surface area contributed by atoms with Gasteiger partial charge in [0, 0.05) is 25.0 Å². The SMILES string of the molecule is Cc1cc(C)n(Cc2ccc(N3CC(Cc4ccccc4F)(C(N)=O)C3)nc2)n1. The molecule has 1 aliphatic heterocycles. The van der Waals surface area contributed by atoms with E-state index < -0.39 is 11.3 Å². The maximum absolute atomic E-state index is 14.0. The number of hydrogen-bond acceptors (Lipinski definition) is 4. The maximum atomic E-state index is 14.0. The molecule has 0 saturated carbocycles. The molecule has 1 amide bonds. The van der Waals surface area contributed by atoms with Crippen LogP contribution in [0.5, 0.6) is 0 Å². The second-order valence-electron chi connectivity index (χ2n) is 7.88. The first-order valence-corrected chi connectivity index (χ1v) is 9.60. The van der Waals surface area contributed by atoms with E-state index in [-0.39, 0.29) is 5.82 Å². The molecular weight excluding hydrogens is 369 g/mol. The molecule has 4 rings (SSSR count). The summed E-state index contributed by atoms with van der Waals surface area (Å²) in [6.07, 6.45) is 2.12. The highest BCUT2D eigenvalue weighted by atomic mass is 19.1. The Balaban J connectivity index is 1.44. The van der Waals surface area contributed by atoms with Crippen LogP contribution < -0.4 is 10.6 Å². The van der Waals surface area contributed by atoms with Gasteiger partial charge < -0.3 is 10.6 Å². The molecule has 2 N–H and O–H groups in total. The first kappa shape index (κ1) is 19.1. The van der Waals surface area contributed by atoms with E-state index in [1.54, 1.807) is 18.2 Å². The Kier molecular flexibility index (Phi) is 4.82. The van der Waals surface area contributed by atoms with Crippen molar-refractivity contribution < 1.29 is 9.18 Å². The fraction of sp³-hybridized carbons (Fsp3) is 0.318. The number of nitrogens with two attached hydrogens (primary N) is 1. The summed E-state index contributed by atoms with van der Waals surface area (Å²) < 4.78 is 16.0. The molecule has 0 atom stereocenters. The highest BCUT2D eigenvalue weighted by Crippen LogP contribution is 2.37. The minimum atomic E-state index is -0.772. The number of carbonyl (C=O) groups excluding carboxylic acids is 1. The van der Waals surface area contributed by atoms with E-state index in [1.165, 1.54) is 6.07 Å². The van der Waals surface area contributed by atoms with Gasteiger partial charge in [0.2, 0.25) is 5.91 Å². The van der Waals surface area contributed by atoms with Gasteiger partial charge in [-0.2, -0.15) is 5.10 Å². The Morgan fingerprint density at radius 3 is 2.55 bits per heavy atom. The van der Waals surface area contributed by atoms with Gasteiger partial charge in [-0.3, -0.25) is 9.48 Å². The van der Waals surface area contributed by atoms with Gasteiger partial charge in [-0.15, -0.1) is 0 Å². The summed E-state index contributed by atoms with van der Waals surface area (Å²) >= 11 is 0. The van der Waals surface area contributed by atoms with Crippen LogP contribution in [0, 0.1) is 25.1 Å². The smallest absolute Gasteiger partial charge is 0.227 e. The average Bonchev–Trinajstić information content (AvgIpc) is 2.97. The van der Waals surface area contributed by atoms with Gasteiger partial charge in [-0.05, 0) is 49.6 Å². The zero-order valence-electron chi connectivity index (χ0n) is 16.6. The number of aromatic nitrogens is 3. The van der Waals surface area contributed by atoms with Crippen molar-refractivity contribution in [2.24, 2.45) is 11.1 Å². The molecule has 2 aromatic heterocycles. The van der Waals surface area contributed by atoms with E-state index in [9.17, 15) is 9.18 Å². The van der Waals surface area contributed by atoms with Crippen molar-refractivity contribution >= 4 is 11.7 Å². The van der Waals surface area contributed by atoms with Gasteiger partial charge in [0.1, 0.15) is 11.6 Å². The van der Waals surface area contributed by atoms with Crippen LogP contribution in [0.3, 0.4) is 0 Å². The molecule has 0 radical (unpaired) electrons. The van der Waals surface area contributed by atoms with Crippen molar-refractivity contribution in [1.29, 1.82) is 0 Å². The topological polar surface area (TPSA) is 77.0 Å². The van der Waals surface area contributed by atoms with Crippen LogP contribution in [0.15, 0.2) is 48.7 Å². The largest absolute Gasteiger partial charge is 0.369 e. The second-order valence-corrected chi connectivity index (χ2v) is 7.88. The summed E-state index contributed by atoms with van der Waals surface area (Å²) in [5.74, 6) is 0.0730. The molecule has 1 aromatic carbocycles. The maximum Gasteiger partial charge on any atom is 0.227 e. The van der Waals surface area contributed by atoms with Gasteiger partial charge in [-0.25, -0.2) is 9.37 Å². The lowest BCUT2D eigenvalue weighted by Crippen LogP contribution is -2.64. The lowest BCUT2D eigenvalue weighted by Gasteiger charge is -2.48. The van der Waals surface area contributed by atoms with Crippen molar-refractivity contribution in [2.45, 2.75) is 26.8 Å². The number of amides is 1. The number of anilines is 1. The molecule has 1 aliphatic rings. The summed E-state index contributed by atoms with van der Waals surface area (Å²) in [5, 5.41) is 4.47. The van der Waals surface area contributed by atoms with Crippen LogP contribution in [0.25, 0.3) is 0 Å². The van der Waals surface area contributed by atoms with Crippen molar-refractivity contribution in [3.63, 3.8) is 0 Å². The van der Waals surface area contributed by atoms with Crippen molar-refractivity contribution in [3.05, 3.63) is 77.0 Å². The number of halogens is 1. The number of primary amides is 1. The molecule has 6 nitrogen and oxygen atoms in total. The third-order valence-electron chi connectivity index (χ3n) is 5.57. The first-order valence-electron chi connectivity index (χ1n) is 9.60. The number of rotatable bonds is 6. The molecule has 150 valence electrons. The van der Waals surface area contributed by atoms with Crippen molar-refractivity contribution in [1.82, 2.24) is 14.8 Å². The van der Waals surface area contributed by atoms with Gasteiger partial charge in [0.15, 0.2) is 0 Å². The van der Waals surface area contributed by atoms with Crippen molar-refractivity contribution in [3.8, 4) is 0 Å². The molecule has 3 heterocycles. The minimum absolute atomic E-state index is 0.293. The van der Waals surface area contributed by atoms with Crippen LogP contribution in [0.1, 0.15) is 22.5 Å². The predicted molar refractivity (Wildman–Crippen MR) is 109 cm³/mol. The molecule has 0 aliphatic carbocycles. The van der Waals surface area contributed by atoms with Crippen LogP contribution in [0.4, 0.5) is 10.2 Å². The van der Waals surface area contributed by atoms with Crippen molar-refractivity contribution in [2.75, 3.05) is 18.0 Å². The number of benzene rings is 1. The van der Waals surface area contributed by atoms with Gasteiger partial charge >= 0.3 is 0 Å². The first-order chi connectivity index (χ1) is 13.9. The number of pyridine rings is 1. The van der Waals surface area contributed by atoms with E-state index in [4.69, 9.17) is 5.73 Å². The zero-order chi connectivity index (χ0) is 20.6. The Bertz CT molecular complexity index is 1040. The van der Waals surface area contributed by atoms with E-state index in [2.05, 4.69) is 10.1 Å². The number of aryl methyl sites for hydroxylation is 2. The molecule has 1 saturated heterocycles. The fourth-order valence-electron chi connectivity index (χ4n) is 3.91. The van der Waals surface area contributed by atoms with Crippen LogP contribution in [-0.2, 0) is 17.8 Å². The minimum Gasteiger partial charge on any atom is -0.369 e. The zero-order valence-corrected chi connectivity index (χ0v) is 16.6. The summed E-state index contributed by atoms with van der Waals surface area (Å²) in [7, 11) is 0. The molecule has 3 aromatic rings. The van der Waals surface area contributed by atoms with E-state index >= 15 is 0 Å². The normalized spacial score (nSPS) is 15.2. The predicted octanol–water partition coefficient (Wildman–Crippen LogP) is 2.62. The summed E-state index contributed by atoms with van der Waals surface area (Å²) in [6, 6.07) is 12.5. The average molecular weight is 393 g/mol. The number of hydrogen-bond donors (Lipinski definition) is 1. The standard InChI is InChI=1S/C22H24FN5O/c1-15-9-16(2)28(26-15)12-17-7-8-20(25-11-17)27-13-22(14-27,21(24)29)10-18-5-3-4-6-19(18)23/h3-9,11H,10,12-14H2,1-2H3,(H2,24,29). The summed E-state index contributed by atoms with van der Waals surface area (Å²) in [4.78, 5) is 18.7. The summed E-state index contributed by atoms with van der Waals surface area (Å²) in [6.45, 7) is 5.52. The monoisotopic (exact) mass is 393 g/mol. The Morgan fingerprint density at radius 1 is 1.21 bits per heavy atom. The Morgan fingerprint density at radius 2 is 1.97 bits per heavy atom. The fourth-order valence-corrected chi connectivity index (χ4v) is 3.91. The number of carbonyl (C=O) groups is 1. The number of nitrogens with zero attached hydrogens (tertiary/aromatic N) is 4. The van der Waals surface area contributed by atoms with Gasteiger partial charge in [0.25, 0.3) is 0 Å². The molecule has 7 heteroatoms. The Labute approximate surface area is 169 Å². The molecule has 1 fully saturated rings. The van der Waals surface area contributed by atoms with E-state index in [0.717, 1.165) is 22.8 Å². The van der Waals surface area contributed by atoms with Gasteiger partial charge in [-0.1, -0.05) is 24.3 Å². The Hall–Kier alpha value is -3.22. The highest BCUT2D eigenvalue weighted by Gasteiger charge is 2.48. The van der Waals surface area contributed by atoms with Crippen LogP contribution in [-0.4, -0.2) is 33.8 Å². The van der Waals surface area contributed by atoms with Crippen LogP contribution in [0.2, 0.25) is 0 Å². The second kappa shape index (κ2) is 7.31. The van der Waals surface area contributed by atoms with E-state index in [0.29, 0.717) is 31.6 Å². The lowest BCUT2D eigenvalue weighted by atomic mass is 9.74. The third-order valence-corrected chi connectivity index (χ3v) is 5.57. The lowest BCUT2D eigenvalue weighted by molar-refractivity contribution is -0.129. The van der Waals surface area contributed by atoms with E-state index in [1.807, 2.05) is 47.8 Å².